The number of para-hydroxylation sites is 1. The minimum absolute atomic E-state index is 0.0148. The first-order valence-corrected chi connectivity index (χ1v) is 16.3. The zero-order valence-electron chi connectivity index (χ0n) is 22.5. The second-order valence-electron chi connectivity index (χ2n) is 10.8. The Hall–Kier alpha value is -3.23. The molecule has 0 spiro atoms. The molecule has 0 saturated carbocycles. The van der Waals surface area contributed by atoms with Gasteiger partial charge in [-0.05, 0) is 91.8 Å². The molecule has 0 bridgehead atoms. The molecule has 0 unspecified atom stereocenters. The Morgan fingerprint density at radius 2 is 1.82 bits per heavy atom. The molecule has 2 aliphatic rings. The molecule has 39 heavy (non-hydrogen) atoms. The van der Waals surface area contributed by atoms with Crippen LogP contribution in [0.2, 0.25) is 0 Å². The second-order valence-corrected chi connectivity index (χ2v) is 14.9. The van der Waals surface area contributed by atoms with E-state index in [0.29, 0.717) is 16.2 Å². The third kappa shape index (κ3) is 5.45. The fraction of sp³-hybridized carbons (Fsp3) is 0.357. The van der Waals surface area contributed by atoms with Crippen LogP contribution >= 0.6 is 23.1 Å². The smallest absolute Gasteiger partial charge is 0.242 e. The molecule has 0 aliphatic carbocycles. The van der Waals surface area contributed by atoms with E-state index in [4.69, 9.17) is 0 Å². The fourth-order valence-electron chi connectivity index (χ4n) is 5.09. The maximum Gasteiger partial charge on any atom is 0.242 e. The summed E-state index contributed by atoms with van der Waals surface area (Å²) in [4.78, 5) is 38.6. The summed E-state index contributed by atoms with van der Waals surface area (Å²) in [5.41, 5.74) is 2.27. The quantitative estimate of drug-likeness (QED) is 0.353. The predicted octanol–water partition coefficient (Wildman–Crippen LogP) is 5.22. The van der Waals surface area contributed by atoms with Crippen molar-refractivity contribution in [3.05, 3.63) is 58.7 Å². The van der Waals surface area contributed by atoms with Crippen LogP contribution in [0.4, 0.5) is 28.8 Å². The minimum atomic E-state index is -2.51. The predicted molar refractivity (Wildman–Crippen MR) is 159 cm³/mol. The van der Waals surface area contributed by atoms with Gasteiger partial charge < -0.3 is 25.0 Å². The topological polar surface area (TPSA) is 108 Å². The van der Waals surface area contributed by atoms with Crippen LogP contribution in [0.15, 0.2) is 53.1 Å². The lowest BCUT2D eigenvalue weighted by atomic mass is 9.86. The maximum absolute atomic E-state index is 13.3. The number of aromatic nitrogens is 2. The minimum Gasteiger partial charge on any atom is -0.341 e. The highest BCUT2D eigenvalue weighted by atomic mass is 79.9. The van der Waals surface area contributed by atoms with E-state index in [1.165, 1.54) is 0 Å². The molecule has 2 aromatic carbocycles. The van der Waals surface area contributed by atoms with Crippen LogP contribution in [-0.2, 0) is 19.6 Å². The number of hydrogen-bond donors (Lipinski definition) is 2. The SMILES string of the molecule is CC1(C)C(=O)N(CC(=O)N2CCCC2)c2ccc(Nc3ncc(Br)c(Nc4ccccc4P(C)(C)=O)n3)cc21. The van der Waals surface area contributed by atoms with Crippen molar-refractivity contribution in [1.29, 1.82) is 0 Å². The molecule has 5 rings (SSSR count). The number of rotatable bonds is 7. The van der Waals surface area contributed by atoms with Gasteiger partial charge in [0.25, 0.3) is 0 Å². The zero-order valence-corrected chi connectivity index (χ0v) is 25.0. The Kier molecular flexibility index (Phi) is 7.29. The van der Waals surface area contributed by atoms with Gasteiger partial charge in [0.1, 0.15) is 19.5 Å². The van der Waals surface area contributed by atoms with E-state index in [2.05, 4.69) is 36.5 Å². The Bertz CT molecular complexity index is 1500. The highest BCUT2D eigenvalue weighted by Gasteiger charge is 2.45. The molecule has 3 heterocycles. The normalized spacial score (nSPS) is 16.4. The summed E-state index contributed by atoms with van der Waals surface area (Å²) in [7, 11) is -2.51. The average molecular weight is 611 g/mol. The van der Waals surface area contributed by atoms with Gasteiger partial charge in [-0.25, -0.2) is 4.98 Å². The number of nitrogens with one attached hydrogen (secondary N) is 2. The van der Waals surface area contributed by atoms with Crippen LogP contribution in [0.5, 0.6) is 0 Å². The number of benzene rings is 2. The van der Waals surface area contributed by atoms with Crippen molar-refractivity contribution >= 4 is 69.0 Å². The number of halogens is 1. The summed E-state index contributed by atoms with van der Waals surface area (Å²) < 4.78 is 13.4. The summed E-state index contributed by atoms with van der Waals surface area (Å²) in [6, 6.07) is 13.1. The van der Waals surface area contributed by atoms with Crippen molar-refractivity contribution in [2.24, 2.45) is 0 Å². The van der Waals surface area contributed by atoms with Crippen molar-refractivity contribution < 1.29 is 14.2 Å². The third-order valence-corrected chi connectivity index (χ3v) is 9.36. The summed E-state index contributed by atoms with van der Waals surface area (Å²) in [5.74, 6) is 0.782. The van der Waals surface area contributed by atoms with Crippen LogP contribution < -0.4 is 20.8 Å². The van der Waals surface area contributed by atoms with Gasteiger partial charge >= 0.3 is 0 Å². The summed E-state index contributed by atoms with van der Waals surface area (Å²) in [5, 5.41) is 7.26. The second kappa shape index (κ2) is 10.4. The van der Waals surface area contributed by atoms with E-state index in [1.54, 1.807) is 24.4 Å². The van der Waals surface area contributed by atoms with Gasteiger partial charge in [0.15, 0.2) is 0 Å². The highest BCUT2D eigenvalue weighted by Crippen LogP contribution is 2.43. The standard InChI is InChI=1S/C28H32BrN6O3P/c1-28(2)19-15-18(11-12-22(19)35(26(28)37)17-24(36)34-13-7-8-14-34)31-27-30-16-20(29)25(33-27)32-21-9-5-6-10-23(21)39(3,4)38/h5-6,9-12,15-16H,7-8,13-14,17H2,1-4H3,(H2,30,31,32,33). The molecular weight excluding hydrogens is 579 g/mol. The lowest BCUT2D eigenvalue weighted by Crippen LogP contribution is -2.43. The van der Waals surface area contributed by atoms with E-state index >= 15 is 0 Å². The number of amides is 2. The number of anilines is 5. The number of carbonyl (C=O) groups excluding carboxylic acids is 2. The molecule has 204 valence electrons. The third-order valence-electron chi connectivity index (χ3n) is 7.23. The van der Waals surface area contributed by atoms with Crippen LogP contribution in [-0.4, -0.2) is 59.6 Å². The van der Waals surface area contributed by atoms with Gasteiger partial charge in [-0.3, -0.25) is 9.59 Å². The van der Waals surface area contributed by atoms with E-state index < -0.39 is 12.6 Å². The number of nitrogens with zero attached hydrogens (tertiary/aromatic N) is 4. The summed E-state index contributed by atoms with van der Waals surface area (Å²) >= 11 is 3.50. The van der Waals surface area contributed by atoms with Crippen LogP contribution in [0.25, 0.3) is 0 Å². The van der Waals surface area contributed by atoms with Gasteiger partial charge in [-0.2, -0.15) is 4.98 Å². The Labute approximate surface area is 236 Å². The number of likely N-dealkylation sites (tertiary alicyclic amines) is 1. The fourth-order valence-corrected chi connectivity index (χ4v) is 6.54. The number of hydrogen-bond acceptors (Lipinski definition) is 7. The van der Waals surface area contributed by atoms with Crippen molar-refractivity contribution in [1.82, 2.24) is 14.9 Å². The molecule has 1 aromatic heterocycles. The van der Waals surface area contributed by atoms with Gasteiger partial charge in [0.2, 0.25) is 17.8 Å². The Balaban J connectivity index is 1.39. The molecule has 1 fully saturated rings. The zero-order chi connectivity index (χ0) is 27.9. The highest BCUT2D eigenvalue weighted by molar-refractivity contribution is 9.10. The monoisotopic (exact) mass is 610 g/mol. The van der Waals surface area contributed by atoms with Gasteiger partial charge in [0, 0.05) is 36.0 Å². The molecule has 9 nitrogen and oxygen atoms in total. The van der Waals surface area contributed by atoms with Gasteiger partial charge in [0.05, 0.1) is 15.6 Å². The van der Waals surface area contributed by atoms with Crippen LogP contribution in [0, 0.1) is 0 Å². The molecule has 2 aliphatic heterocycles. The molecule has 0 atom stereocenters. The largest absolute Gasteiger partial charge is 0.341 e. The lowest BCUT2D eigenvalue weighted by molar-refractivity contribution is -0.131. The maximum atomic E-state index is 13.3. The number of fused-ring (bicyclic) bond motifs is 1. The Morgan fingerprint density at radius 1 is 1.10 bits per heavy atom. The molecule has 2 amide bonds. The molecular formula is C28H32BrN6O3P. The van der Waals surface area contributed by atoms with E-state index in [0.717, 1.165) is 53.9 Å². The van der Waals surface area contributed by atoms with Crippen molar-refractivity contribution in [3.63, 3.8) is 0 Å². The first-order chi connectivity index (χ1) is 18.4. The first kappa shape index (κ1) is 27.3. The first-order valence-electron chi connectivity index (χ1n) is 12.9. The average Bonchev–Trinajstić information content (AvgIpc) is 3.49. The van der Waals surface area contributed by atoms with Crippen LogP contribution in [0.3, 0.4) is 0 Å². The van der Waals surface area contributed by atoms with E-state index in [-0.39, 0.29) is 18.4 Å². The Morgan fingerprint density at radius 3 is 2.54 bits per heavy atom. The van der Waals surface area contributed by atoms with Gasteiger partial charge in [-0.1, -0.05) is 12.1 Å². The number of carbonyl (C=O) groups is 2. The van der Waals surface area contributed by atoms with Crippen molar-refractivity contribution in [3.8, 4) is 0 Å². The van der Waals surface area contributed by atoms with Crippen LogP contribution in [0.1, 0.15) is 32.3 Å². The molecule has 2 N–H and O–H groups in total. The molecule has 3 aromatic rings. The lowest BCUT2D eigenvalue weighted by Gasteiger charge is -2.23. The summed E-state index contributed by atoms with van der Waals surface area (Å²) in [6.07, 6.45) is 3.66. The van der Waals surface area contributed by atoms with Crippen molar-refractivity contribution in [2.45, 2.75) is 32.1 Å². The van der Waals surface area contributed by atoms with E-state index in [9.17, 15) is 14.2 Å². The van der Waals surface area contributed by atoms with Crippen molar-refractivity contribution in [2.75, 3.05) is 48.5 Å². The van der Waals surface area contributed by atoms with Gasteiger partial charge in [-0.15, -0.1) is 0 Å². The summed E-state index contributed by atoms with van der Waals surface area (Å²) in [6.45, 7) is 8.80. The molecule has 11 heteroatoms. The molecule has 0 radical (unpaired) electrons. The molecule has 1 saturated heterocycles. The van der Waals surface area contributed by atoms with E-state index in [1.807, 2.05) is 61.2 Å².